The highest BCUT2D eigenvalue weighted by Gasteiger charge is 2.26. The van der Waals surface area contributed by atoms with Crippen LogP contribution in [0.4, 0.5) is 11.6 Å². The monoisotopic (exact) mass is 501 g/mol. The fraction of sp³-hybridized carbons (Fsp3) is 0.481. The summed E-state index contributed by atoms with van der Waals surface area (Å²) >= 11 is 0. The van der Waals surface area contributed by atoms with Gasteiger partial charge in [0.2, 0.25) is 5.95 Å². The minimum absolute atomic E-state index is 0.0946. The van der Waals surface area contributed by atoms with Crippen LogP contribution in [0, 0.1) is 0 Å². The highest BCUT2D eigenvalue weighted by Crippen LogP contribution is 2.25. The Morgan fingerprint density at radius 1 is 0.865 bits per heavy atom. The zero-order valence-corrected chi connectivity index (χ0v) is 21.5. The molecular formula is C27H35N9O. The van der Waals surface area contributed by atoms with Gasteiger partial charge in [0.1, 0.15) is 6.33 Å². The molecule has 1 aromatic carbocycles. The molecule has 0 amide bonds. The lowest BCUT2D eigenvalue weighted by molar-refractivity contribution is -0.00758. The second-order valence-electron chi connectivity index (χ2n) is 10.1. The third kappa shape index (κ3) is 5.09. The van der Waals surface area contributed by atoms with E-state index in [4.69, 9.17) is 4.98 Å². The minimum Gasteiger partial charge on any atom is -0.369 e. The normalized spacial score (nSPS) is 21.5. The molecular weight excluding hydrogens is 466 g/mol. The molecule has 0 unspecified atom stereocenters. The lowest BCUT2D eigenvalue weighted by Crippen LogP contribution is -2.53. The van der Waals surface area contributed by atoms with Gasteiger partial charge >= 0.3 is 0 Å². The highest BCUT2D eigenvalue weighted by molar-refractivity contribution is 5.55. The van der Waals surface area contributed by atoms with E-state index in [-0.39, 0.29) is 11.6 Å². The van der Waals surface area contributed by atoms with Crippen molar-refractivity contribution in [2.24, 2.45) is 7.05 Å². The quantitative estimate of drug-likeness (QED) is 0.559. The van der Waals surface area contributed by atoms with Crippen LogP contribution in [0.15, 0.2) is 53.7 Å². The number of hydrogen-bond donors (Lipinski definition) is 1. The van der Waals surface area contributed by atoms with E-state index < -0.39 is 0 Å². The van der Waals surface area contributed by atoms with Crippen molar-refractivity contribution in [1.29, 1.82) is 0 Å². The predicted molar refractivity (Wildman–Crippen MR) is 144 cm³/mol. The third-order valence-electron chi connectivity index (χ3n) is 7.81. The number of benzene rings is 1. The van der Waals surface area contributed by atoms with Crippen LogP contribution in [-0.4, -0.2) is 88.4 Å². The Bertz CT molecular complexity index is 1250. The molecule has 0 saturated carbocycles. The van der Waals surface area contributed by atoms with Crippen molar-refractivity contribution in [3.8, 4) is 11.4 Å². The first-order valence-electron chi connectivity index (χ1n) is 13.3. The molecule has 1 atom stereocenters. The number of anilines is 2. The van der Waals surface area contributed by atoms with Gasteiger partial charge in [-0.15, -0.1) is 0 Å². The van der Waals surface area contributed by atoms with E-state index in [2.05, 4.69) is 59.4 Å². The highest BCUT2D eigenvalue weighted by atomic mass is 16.1. The Morgan fingerprint density at radius 2 is 1.62 bits per heavy atom. The van der Waals surface area contributed by atoms with Crippen molar-refractivity contribution in [2.75, 3.05) is 68.7 Å². The van der Waals surface area contributed by atoms with E-state index >= 15 is 0 Å². The van der Waals surface area contributed by atoms with Crippen LogP contribution < -0.4 is 20.7 Å². The van der Waals surface area contributed by atoms with Crippen molar-refractivity contribution < 1.29 is 0 Å². The molecule has 37 heavy (non-hydrogen) atoms. The molecule has 0 aliphatic carbocycles. The van der Waals surface area contributed by atoms with Gasteiger partial charge in [0.25, 0.3) is 5.56 Å². The van der Waals surface area contributed by atoms with E-state index in [1.54, 1.807) is 23.9 Å². The molecule has 3 fully saturated rings. The topological polar surface area (TPSA) is 85.7 Å². The SMILES string of the molecule is Cn1c(N2CCN[C@@H](c3ccc(N4CCN(N5CCCC5)CC4)cc3)C2)nc(-c2ccncn2)cc1=O. The summed E-state index contributed by atoms with van der Waals surface area (Å²) in [6.07, 6.45) is 5.80. The molecule has 1 N–H and O–H groups in total. The number of nitrogens with one attached hydrogen (secondary N) is 1. The van der Waals surface area contributed by atoms with Crippen LogP contribution in [0.1, 0.15) is 24.4 Å². The van der Waals surface area contributed by atoms with Crippen LogP contribution in [0.3, 0.4) is 0 Å². The van der Waals surface area contributed by atoms with Gasteiger partial charge in [-0.1, -0.05) is 12.1 Å². The number of aromatic nitrogens is 4. The van der Waals surface area contributed by atoms with E-state index in [9.17, 15) is 4.79 Å². The van der Waals surface area contributed by atoms with E-state index in [0.29, 0.717) is 17.3 Å². The molecule has 194 valence electrons. The summed E-state index contributed by atoms with van der Waals surface area (Å²) in [6.45, 7) is 9.09. The van der Waals surface area contributed by atoms with Gasteiger partial charge in [0.05, 0.1) is 11.4 Å². The molecule has 6 rings (SSSR count). The van der Waals surface area contributed by atoms with Gasteiger partial charge in [0.15, 0.2) is 0 Å². The Morgan fingerprint density at radius 3 is 2.35 bits per heavy atom. The zero-order chi connectivity index (χ0) is 25.2. The molecule has 3 aromatic rings. The number of piperazine rings is 2. The molecule has 2 aromatic heterocycles. The van der Waals surface area contributed by atoms with Gasteiger partial charge in [0, 0.05) is 89.9 Å². The number of hydrazine groups is 1. The predicted octanol–water partition coefficient (Wildman–Crippen LogP) is 1.52. The van der Waals surface area contributed by atoms with Crippen molar-refractivity contribution in [3.63, 3.8) is 0 Å². The summed E-state index contributed by atoms with van der Waals surface area (Å²) in [5.41, 5.74) is 3.67. The zero-order valence-electron chi connectivity index (χ0n) is 21.5. The second kappa shape index (κ2) is 10.6. The fourth-order valence-electron chi connectivity index (χ4n) is 5.68. The number of rotatable bonds is 5. The first kappa shape index (κ1) is 24.0. The average molecular weight is 502 g/mol. The maximum absolute atomic E-state index is 12.7. The molecule has 3 aliphatic rings. The first-order chi connectivity index (χ1) is 18.2. The Kier molecular flexibility index (Phi) is 6.86. The third-order valence-corrected chi connectivity index (χ3v) is 7.81. The maximum atomic E-state index is 12.7. The molecule has 3 aliphatic heterocycles. The largest absolute Gasteiger partial charge is 0.369 e. The maximum Gasteiger partial charge on any atom is 0.255 e. The van der Waals surface area contributed by atoms with Crippen molar-refractivity contribution in [2.45, 2.75) is 18.9 Å². The lowest BCUT2D eigenvalue weighted by Gasteiger charge is -2.40. The van der Waals surface area contributed by atoms with Gasteiger partial charge in [-0.3, -0.25) is 9.36 Å². The Labute approximate surface area is 217 Å². The number of hydrogen-bond acceptors (Lipinski definition) is 9. The molecule has 5 heterocycles. The minimum atomic E-state index is -0.0946. The van der Waals surface area contributed by atoms with Crippen molar-refractivity contribution in [1.82, 2.24) is 34.9 Å². The Balaban J connectivity index is 1.14. The smallest absolute Gasteiger partial charge is 0.255 e. The molecule has 0 spiro atoms. The summed E-state index contributed by atoms with van der Waals surface area (Å²) in [6, 6.07) is 12.5. The molecule has 10 nitrogen and oxygen atoms in total. The summed E-state index contributed by atoms with van der Waals surface area (Å²) < 4.78 is 1.62. The van der Waals surface area contributed by atoms with Gasteiger partial charge in [-0.2, -0.15) is 0 Å². The van der Waals surface area contributed by atoms with Gasteiger partial charge in [-0.25, -0.2) is 25.0 Å². The van der Waals surface area contributed by atoms with Gasteiger partial charge < -0.3 is 15.1 Å². The Hall–Kier alpha value is -3.34. The van der Waals surface area contributed by atoms with Crippen LogP contribution >= 0.6 is 0 Å². The first-order valence-corrected chi connectivity index (χ1v) is 13.3. The number of nitrogens with zero attached hydrogens (tertiary/aromatic N) is 8. The van der Waals surface area contributed by atoms with E-state index in [0.717, 1.165) is 45.8 Å². The average Bonchev–Trinajstić information content (AvgIpc) is 3.50. The summed E-state index contributed by atoms with van der Waals surface area (Å²) in [4.78, 5) is 30.5. The lowest BCUT2D eigenvalue weighted by atomic mass is 10.0. The molecule has 0 radical (unpaired) electrons. The summed E-state index contributed by atoms with van der Waals surface area (Å²) in [5.74, 6) is 0.667. The fourth-order valence-corrected chi connectivity index (χ4v) is 5.68. The van der Waals surface area contributed by atoms with Crippen LogP contribution in [0.5, 0.6) is 0 Å². The van der Waals surface area contributed by atoms with Crippen molar-refractivity contribution >= 4 is 11.6 Å². The van der Waals surface area contributed by atoms with Gasteiger partial charge in [-0.05, 0) is 36.6 Å². The molecule has 10 heteroatoms. The van der Waals surface area contributed by atoms with Crippen LogP contribution in [-0.2, 0) is 7.05 Å². The standard InChI is InChI=1S/C27H35N9O/c1-32-26(37)18-24(23-8-9-28-20-30-23)31-27(32)34-13-10-29-25(19-34)21-4-6-22(7-5-21)33-14-16-36(17-15-33)35-11-2-3-12-35/h4-9,18,20,25,29H,2-3,10-17,19H2,1H3/t25-/m1/s1. The second-order valence-corrected chi connectivity index (χ2v) is 10.1. The van der Waals surface area contributed by atoms with E-state index in [1.165, 1.54) is 49.6 Å². The summed E-state index contributed by atoms with van der Waals surface area (Å²) in [5, 5.41) is 8.73. The van der Waals surface area contributed by atoms with Crippen LogP contribution in [0.2, 0.25) is 0 Å². The molecule has 0 bridgehead atoms. The summed E-state index contributed by atoms with van der Waals surface area (Å²) in [7, 11) is 1.78. The van der Waals surface area contributed by atoms with Crippen molar-refractivity contribution in [3.05, 3.63) is 64.8 Å². The van der Waals surface area contributed by atoms with E-state index in [1.807, 2.05) is 0 Å². The van der Waals surface area contributed by atoms with Crippen LogP contribution in [0.25, 0.3) is 11.4 Å². The molecule has 3 saturated heterocycles.